The van der Waals surface area contributed by atoms with Gasteiger partial charge in [-0.25, -0.2) is 0 Å². The van der Waals surface area contributed by atoms with Gasteiger partial charge in [0, 0.05) is 36.4 Å². The number of anilines is 1. The standard InChI is InChI=1S/C19H16Cl2N2/c1-23(2)16-7-4-13(5-8-16)3-6-14-9-10-22-18-12-15(20)11-17(21)19(14)18/h3-12H,1-2H3/b6-3+. The number of rotatable bonds is 3. The lowest BCUT2D eigenvalue weighted by molar-refractivity contribution is 1.13. The van der Waals surface area contributed by atoms with Crippen molar-refractivity contribution in [1.29, 1.82) is 0 Å². The van der Waals surface area contributed by atoms with Gasteiger partial charge < -0.3 is 4.90 Å². The fraction of sp³-hybridized carbons (Fsp3) is 0.105. The molecule has 23 heavy (non-hydrogen) atoms. The Kier molecular flexibility index (Phi) is 4.56. The number of fused-ring (bicyclic) bond motifs is 1. The molecule has 0 amide bonds. The Labute approximate surface area is 146 Å². The van der Waals surface area contributed by atoms with Crippen molar-refractivity contribution in [3.63, 3.8) is 0 Å². The molecule has 0 aliphatic carbocycles. The topological polar surface area (TPSA) is 16.1 Å². The molecule has 0 aliphatic heterocycles. The molecule has 2 aromatic carbocycles. The maximum atomic E-state index is 6.34. The minimum absolute atomic E-state index is 0.593. The predicted octanol–water partition coefficient (Wildman–Crippen LogP) is 5.78. The van der Waals surface area contributed by atoms with Crippen molar-refractivity contribution in [2.45, 2.75) is 0 Å². The van der Waals surface area contributed by atoms with Gasteiger partial charge in [-0.3, -0.25) is 4.98 Å². The summed E-state index contributed by atoms with van der Waals surface area (Å²) in [5, 5.41) is 2.12. The molecule has 0 aliphatic rings. The lowest BCUT2D eigenvalue weighted by Gasteiger charge is -2.11. The minimum Gasteiger partial charge on any atom is -0.378 e. The lowest BCUT2D eigenvalue weighted by atomic mass is 10.1. The van der Waals surface area contributed by atoms with Gasteiger partial charge in [-0.05, 0) is 41.5 Å². The number of hydrogen-bond acceptors (Lipinski definition) is 2. The molecule has 0 radical (unpaired) electrons. The molecule has 3 rings (SSSR count). The first-order chi connectivity index (χ1) is 11.0. The molecule has 116 valence electrons. The van der Waals surface area contributed by atoms with Crippen LogP contribution in [0, 0.1) is 0 Å². The molecular weight excluding hydrogens is 327 g/mol. The third-order valence-corrected chi connectivity index (χ3v) is 4.17. The van der Waals surface area contributed by atoms with Crippen molar-refractivity contribution in [3.8, 4) is 0 Å². The van der Waals surface area contributed by atoms with E-state index in [1.165, 1.54) is 5.69 Å². The van der Waals surface area contributed by atoms with E-state index in [0.29, 0.717) is 10.0 Å². The van der Waals surface area contributed by atoms with E-state index in [4.69, 9.17) is 23.2 Å². The quantitative estimate of drug-likeness (QED) is 0.599. The maximum absolute atomic E-state index is 6.34. The smallest absolute Gasteiger partial charge is 0.0737 e. The molecule has 0 bridgehead atoms. The summed E-state index contributed by atoms with van der Waals surface area (Å²) in [5.41, 5.74) is 4.13. The molecule has 3 aromatic rings. The maximum Gasteiger partial charge on any atom is 0.0737 e. The Morgan fingerprint density at radius 1 is 0.957 bits per heavy atom. The monoisotopic (exact) mass is 342 g/mol. The summed E-state index contributed by atoms with van der Waals surface area (Å²) in [4.78, 5) is 6.42. The summed E-state index contributed by atoms with van der Waals surface area (Å²) in [6.45, 7) is 0. The van der Waals surface area contributed by atoms with Crippen LogP contribution in [0.1, 0.15) is 11.1 Å². The van der Waals surface area contributed by atoms with E-state index in [-0.39, 0.29) is 0 Å². The van der Waals surface area contributed by atoms with Crippen LogP contribution in [0.15, 0.2) is 48.7 Å². The third-order valence-electron chi connectivity index (χ3n) is 3.66. The van der Waals surface area contributed by atoms with E-state index in [9.17, 15) is 0 Å². The first-order valence-electron chi connectivity index (χ1n) is 7.24. The number of nitrogens with zero attached hydrogens (tertiary/aromatic N) is 2. The molecule has 4 heteroatoms. The van der Waals surface area contributed by atoms with Crippen LogP contribution in [0.4, 0.5) is 5.69 Å². The largest absolute Gasteiger partial charge is 0.378 e. The number of hydrogen-bond donors (Lipinski definition) is 0. The molecular formula is C19H16Cl2N2. The summed E-state index contributed by atoms with van der Waals surface area (Å²) in [5.74, 6) is 0. The van der Waals surface area contributed by atoms with Crippen LogP contribution in [-0.2, 0) is 0 Å². The van der Waals surface area contributed by atoms with Crippen LogP contribution in [0.25, 0.3) is 23.1 Å². The molecule has 0 atom stereocenters. The van der Waals surface area contributed by atoms with Gasteiger partial charge in [-0.2, -0.15) is 0 Å². The summed E-state index contributed by atoms with van der Waals surface area (Å²) in [6.07, 6.45) is 5.89. The van der Waals surface area contributed by atoms with Crippen molar-refractivity contribution in [1.82, 2.24) is 4.98 Å². The molecule has 1 aromatic heterocycles. The lowest BCUT2D eigenvalue weighted by Crippen LogP contribution is -2.07. The zero-order valence-electron chi connectivity index (χ0n) is 12.9. The minimum atomic E-state index is 0.593. The Bertz CT molecular complexity index is 868. The van der Waals surface area contributed by atoms with E-state index in [2.05, 4.69) is 46.3 Å². The number of aromatic nitrogens is 1. The number of halogens is 2. The molecule has 1 heterocycles. The zero-order chi connectivity index (χ0) is 16.4. The van der Waals surface area contributed by atoms with E-state index < -0.39 is 0 Å². The van der Waals surface area contributed by atoms with Crippen molar-refractivity contribution in [2.75, 3.05) is 19.0 Å². The second kappa shape index (κ2) is 6.61. The van der Waals surface area contributed by atoms with Gasteiger partial charge in [0.15, 0.2) is 0 Å². The average Bonchev–Trinajstić information content (AvgIpc) is 2.52. The number of pyridine rings is 1. The highest BCUT2D eigenvalue weighted by atomic mass is 35.5. The second-order valence-corrected chi connectivity index (χ2v) is 6.34. The highest BCUT2D eigenvalue weighted by Crippen LogP contribution is 2.30. The van der Waals surface area contributed by atoms with E-state index in [0.717, 1.165) is 22.0 Å². The van der Waals surface area contributed by atoms with Crippen molar-refractivity contribution >= 4 is 51.9 Å². The van der Waals surface area contributed by atoms with Crippen LogP contribution in [0.5, 0.6) is 0 Å². The summed E-state index contributed by atoms with van der Waals surface area (Å²) < 4.78 is 0. The summed E-state index contributed by atoms with van der Waals surface area (Å²) >= 11 is 12.4. The Balaban J connectivity index is 1.98. The van der Waals surface area contributed by atoms with E-state index >= 15 is 0 Å². The molecule has 0 saturated carbocycles. The third kappa shape index (κ3) is 3.49. The molecule has 0 spiro atoms. The fourth-order valence-electron chi connectivity index (χ4n) is 2.44. The Morgan fingerprint density at radius 3 is 2.39 bits per heavy atom. The van der Waals surface area contributed by atoms with Crippen LogP contribution in [0.2, 0.25) is 10.0 Å². The van der Waals surface area contributed by atoms with Gasteiger partial charge in [0.1, 0.15) is 0 Å². The molecule has 0 saturated heterocycles. The normalized spacial score (nSPS) is 11.3. The second-order valence-electron chi connectivity index (χ2n) is 5.50. The van der Waals surface area contributed by atoms with E-state index in [1.807, 2.05) is 26.2 Å². The van der Waals surface area contributed by atoms with Gasteiger partial charge >= 0.3 is 0 Å². The number of benzene rings is 2. The Hall–Kier alpha value is -2.03. The molecule has 0 fully saturated rings. The van der Waals surface area contributed by atoms with Gasteiger partial charge in [-0.1, -0.05) is 47.5 Å². The van der Waals surface area contributed by atoms with Crippen LogP contribution in [0.3, 0.4) is 0 Å². The highest BCUT2D eigenvalue weighted by Gasteiger charge is 2.06. The SMILES string of the molecule is CN(C)c1ccc(/C=C/c2ccnc3cc(Cl)cc(Cl)c23)cc1. The van der Waals surface area contributed by atoms with Crippen LogP contribution >= 0.6 is 23.2 Å². The van der Waals surface area contributed by atoms with E-state index in [1.54, 1.807) is 12.3 Å². The van der Waals surface area contributed by atoms with Crippen LogP contribution in [-0.4, -0.2) is 19.1 Å². The summed E-state index contributed by atoms with van der Waals surface area (Å²) in [7, 11) is 4.06. The summed E-state index contributed by atoms with van der Waals surface area (Å²) in [6, 6.07) is 13.9. The first kappa shape index (κ1) is 15.9. The zero-order valence-corrected chi connectivity index (χ0v) is 14.4. The highest BCUT2D eigenvalue weighted by molar-refractivity contribution is 6.39. The van der Waals surface area contributed by atoms with Gasteiger partial charge in [0.2, 0.25) is 0 Å². The first-order valence-corrected chi connectivity index (χ1v) is 7.99. The van der Waals surface area contributed by atoms with Crippen molar-refractivity contribution in [3.05, 3.63) is 69.8 Å². The van der Waals surface area contributed by atoms with Crippen molar-refractivity contribution < 1.29 is 0 Å². The molecule has 0 unspecified atom stereocenters. The Morgan fingerprint density at radius 2 is 1.70 bits per heavy atom. The molecule has 2 nitrogen and oxygen atoms in total. The van der Waals surface area contributed by atoms with Crippen molar-refractivity contribution in [2.24, 2.45) is 0 Å². The van der Waals surface area contributed by atoms with Crippen LogP contribution < -0.4 is 4.90 Å². The average molecular weight is 343 g/mol. The fourth-order valence-corrected chi connectivity index (χ4v) is 3.03. The van der Waals surface area contributed by atoms with Gasteiger partial charge in [0.05, 0.1) is 10.5 Å². The molecule has 0 N–H and O–H groups in total. The predicted molar refractivity (Wildman–Crippen MR) is 101 cm³/mol. The van der Waals surface area contributed by atoms with Gasteiger partial charge in [0.25, 0.3) is 0 Å². The van der Waals surface area contributed by atoms with Gasteiger partial charge in [-0.15, -0.1) is 0 Å².